The first-order valence-electron chi connectivity index (χ1n) is 21.8. The van der Waals surface area contributed by atoms with Crippen LogP contribution >= 0.6 is 0 Å². The fraction of sp³-hybridized carbons (Fsp3) is 0.510. The van der Waals surface area contributed by atoms with Crippen LogP contribution in [-0.2, 0) is 22.3 Å². The molecule has 2 aromatic heterocycles. The maximum atomic E-state index is 13.2. The zero-order chi connectivity index (χ0) is 41.4. The van der Waals surface area contributed by atoms with Gasteiger partial charge in [0.2, 0.25) is 0 Å². The number of benzene rings is 3. The van der Waals surface area contributed by atoms with Crippen LogP contribution in [0.25, 0.3) is 44.5 Å². The van der Waals surface area contributed by atoms with E-state index in [-0.39, 0.29) is 24.3 Å². The predicted molar refractivity (Wildman–Crippen MR) is 232 cm³/mol. The van der Waals surface area contributed by atoms with E-state index in [1.807, 2.05) is 57.5 Å². The largest absolute Gasteiger partial charge is 0.444 e. The van der Waals surface area contributed by atoms with Gasteiger partial charge in [0.05, 0.1) is 35.0 Å². The van der Waals surface area contributed by atoms with Crippen LogP contribution < -0.4 is 0 Å². The molecule has 0 bridgehead atoms. The zero-order valence-electron chi connectivity index (χ0n) is 36.1. The number of H-pyrrole nitrogens is 2. The highest BCUT2D eigenvalue weighted by molar-refractivity contribution is 5.86. The molecular weight excluding hydrogens is 737 g/mol. The molecule has 3 aromatic carbocycles. The Hall–Kier alpha value is -5.12. The van der Waals surface area contributed by atoms with Gasteiger partial charge in [0, 0.05) is 13.1 Å². The molecular formula is C49H60N6O4. The van der Waals surface area contributed by atoms with Crippen molar-refractivity contribution in [1.82, 2.24) is 29.7 Å². The number of carbonyl (C=O) groups excluding carboxylic acids is 2. The number of ether oxygens (including phenoxy) is 2. The number of fused-ring (bicyclic) bond motifs is 2. The van der Waals surface area contributed by atoms with E-state index in [1.165, 1.54) is 59.1 Å². The Morgan fingerprint density at radius 3 is 1.80 bits per heavy atom. The predicted octanol–water partition coefficient (Wildman–Crippen LogP) is 11.6. The van der Waals surface area contributed by atoms with Crippen molar-refractivity contribution < 1.29 is 19.1 Å². The number of nitrogens with one attached hydrogen (secondary N) is 2. The summed E-state index contributed by atoms with van der Waals surface area (Å²) in [5, 5.41) is 0. The van der Waals surface area contributed by atoms with Gasteiger partial charge in [-0.2, -0.15) is 0 Å². The first-order valence-corrected chi connectivity index (χ1v) is 21.8. The maximum Gasteiger partial charge on any atom is 0.410 e. The Bertz CT molecular complexity index is 2390. The Kier molecular flexibility index (Phi) is 9.71. The molecule has 0 unspecified atom stereocenters. The summed E-state index contributed by atoms with van der Waals surface area (Å²) in [6, 6.07) is 19.9. The van der Waals surface area contributed by atoms with Gasteiger partial charge in [-0.1, -0.05) is 69.2 Å². The summed E-state index contributed by atoms with van der Waals surface area (Å²) in [7, 11) is 0. The van der Waals surface area contributed by atoms with Crippen molar-refractivity contribution >= 4 is 23.2 Å². The summed E-state index contributed by atoms with van der Waals surface area (Å²) in [6.07, 6.45) is 10.4. The Morgan fingerprint density at radius 1 is 0.695 bits per heavy atom. The highest BCUT2D eigenvalue weighted by Crippen LogP contribution is 2.53. The second-order valence-corrected chi connectivity index (χ2v) is 20.3. The molecule has 2 saturated heterocycles. The fourth-order valence-electron chi connectivity index (χ4n) is 10.4. The van der Waals surface area contributed by atoms with Gasteiger partial charge in [-0.05, 0) is 148 Å². The molecule has 9 rings (SSSR count). The molecule has 0 radical (unpaired) electrons. The molecule has 310 valence electrons. The standard InChI is InChI=1S/C49H60N6O4/c1-29-21-41(54(27-29)45(56)58-47(3,4)5)43-50-26-40(53-43)32-13-11-31(12-14-32)34-16-17-35(37-25-49(24-36(34)37)19-9-10-20-49)33-15-18-38-39(23-33)52-44(51-38)42-22-30(2)28-55(42)46(57)59-48(6,7)8/h11-18,23,26,29-30,41-42H,9-10,19-22,24-25,27-28H2,1-8H3,(H,50,53)(H,51,52)/t29-,30-,41-,42-/m0/s1. The third kappa shape index (κ3) is 7.75. The lowest BCUT2D eigenvalue weighted by Crippen LogP contribution is -2.37. The summed E-state index contributed by atoms with van der Waals surface area (Å²) >= 11 is 0. The number of rotatable bonds is 5. The number of hydrogen-bond acceptors (Lipinski definition) is 6. The molecule has 10 nitrogen and oxygen atoms in total. The first kappa shape index (κ1) is 39.3. The average Bonchev–Trinajstić information content (AvgIpc) is 4.02. The SMILES string of the molecule is C[C@H]1C[C@@H](c2ncc(-c3ccc(-c4ccc(-c5ccc6nc([C@@H]7C[C@H](C)CN7C(=O)OC(C)(C)C)[nH]c6c5)c5c4CC4(CCCC4)C5)cc3)[nH]2)N(C(=O)OC(C)(C)C)C1. The summed E-state index contributed by atoms with van der Waals surface area (Å²) in [6.45, 7) is 17.1. The monoisotopic (exact) mass is 796 g/mol. The van der Waals surface area contributed by atoms with Crippen LogP contribution in [0.3, 0.4) is 0 Å². The molecule has 59 heavy (non-hydrogen) atoms. The van der Waals surface area contributed by atoms with E-state index in [1.54, 1.807) is 0 Å². The summed E-state index contributed by atoms with van der Waals surface area (Å²) in [5.41, 5.74) is 11.1. The summed E-state index contributed by atoms with van der Waals surface area (Å²) in [5.74, 6) is 2.35. The molecule has 4 atom stereocenters. The summed E-state index contributed by atoms with van der Waals surface area (Å²) in [4.78, 5) is 47.0. The zero-order valence-corrected chi connectivity index (χ0v) is 36.1. The quantitative estimate of drug-likeness (QED) is 0.183. The van der Waals surface area contributed by atoms with E-state index >= 15 is 0 Å². The van der Waals surface area contributed by atoms with E-state index in [0.717, 1.165) is 59.6 Å². The number of aromatic nitrogens is 4. The molecule has 1 spiro atoms. The third-order valence-corrected chi connectivity index (χ3v) is 13.0. The summed E-state index contributed by atoms with van der Waals surface area (Å²) < 4.78 is 11.5. The number of aromatic amines is 2. The van der Waals surface area contributed by atoms with Gasteiger partial charge >= 0.3 is 12.2 Å². The normalized spacial score (nSPS) is 22.8. The van der Waals surface area contributed by atoms with Gasteiger partial charge < -0.3 is 19.4 Å². The van der Waals surface area contributed by atoms with E-state index in [4.69, 9.17) is 19.4 Å². The molecule has 2 amide bonds. The third-order valence-electron chi connectivity index (χ3n) is 13.0. The lowest BCUT2D eigenvalue weighted by Gasteiger charge is -2.27. The molecule has 3 fully saturated rings. The fourth-order valence-corrected chi connectivity index (χ4v) is 10.4. The lowest BCUT2D eigenvalue weighted by atomic mass is 9.82. The minimum absolute atomic E-state index is 0.140. The van der Waals surface area contributed by atoms with Crippen LogP contribution in [0.2, 0.25) is 0 Å². The van der Waals surface area contributed by atoms with Gasteiger partial charge in [-0.25, -0.2) is 19.6 Å². The number of carbonyl (C=O) groups is 2. The number of amides is 2. The van der Waals surface area contributed by atoms with Crippen LogP contribution in [-0.4, -0.2) is 66.2 Å². The number of imidazole rings is 2. The second-order valence-electron chi connectivity index (χ2n) is 20.3. The van der Waals surface area contributed by atoms with Gasteiger partial charge in [-0.3, -0.25) is 9.80 Å². The van der Waals surface area contributed by atoms with Gasteiger partial charge in [0.15, 0.2) is 0 Å². The molecule has 2 aliphatic heterocycles. The minimum Gasteiger partial charge on any atom is -0.444 e. The number of nitrogens with zero attached hydrogens (tertiary/aromatic N) is 4. The smallest absolute Gasteiger partial charge is 0.410 e. The second kappa shape index (κ2) is 14.6. The number of hydrogen-bond donors (Lipinski definition) is 2. The molecule has 5 aromatic rings. The minimum atomic E-state index is -0.555. The van der Waals surface area contributed by atoms with Crippen molar-refractivity contribution in [2.45, 2.75) is 130 Å². The highest BCUT2D eigenvalue weighted by atomic mass is 16.6. The van der Waals surface area contributed by atoms with Crippen LogP contribution in [0.4, 0.5) is 9.59 Å². The van der Waals surface area contributed by atoms with Crippen molar-refractivity contribution in [3.63, 3.8) is 0 Å². The Morgan fingerprint density at radius 2 is 1.22 bits per heavy atom. The van der Waals surface area contributed by atoms with Crippen molar-refractivity contribution in [3.8, 4) is 33.5 Å². The molecule has 4 heterocycles. The van der Waals surface area contributed by atoms with E-state index in [9.17, 15) is 9.59 Å². The van der Waals surface area contributed by atoms with Crippen LogP contribution in [0.1, 0.15) is 129 Å². The molecule has 10 heteroatoms. The molecule has 1 saturated carbocycles. The van der Waals surface area contributed by atoms with Crippen LogP contribution in [0, 0.1) is 17.3 Å². The maximum absolute atomic E-state index is 13.2. The van der Waals surface area contributed by atoms with Crippen molar-refractivity contribution in [1.29, 1.82) is 0 Å². The highest BCUT2D eigenvalue weighted by Gasteiger charge is 2.43. The van der Waals surface area contributed by atoms with Gasteiger partial charge in [0.1, 0.15) is 22.9 Å². The average molecular weight is 797 g/mol. The van der Waals surface area contributed by atoms with Gasteiger partial charge in [0.25, 0.3) is 0 Å². The van der Waals surface area contributed by atoms with Crippen molar-refractivity contribution in [2.24, 2.45) is 17.3 Å². The van der Waals surface area contributed by atoms with E-state index in [2.05, 4.69) is 78.4 Å². The van der Waals surface area contributed by atoms with Crippen molar-refractivity contribution in [3.05, 3.63) is 83.6 Å². The molecule has 4 aliphatic rings. The Balaban J connectivity index is 0.991. The van der Waals surface area contributed by atoms with E-state index in [0.29, 0.717) is 30.3 Å². The lowest BCUT2D eigenvalue weighted by molar-refractivity contribution is 0.0204. The van der Waals surface area contributed by atoms with Gasteiger partial charge in [-0.15, -0.1) is 0 Å². The molecule has 2 aliphatic carbocycles. The first-order chi connectivity index (χ1) is 28.0. The van der Waals surface area contributed by atoms with Crippen LogP contribution in [0.5, 0.6) is 0 Å². The molecule has 2 N–H and O–H groups in total. The number of likely N-dealkylation sites (tertiary alicyclic amines) is 2. The Labute approximate surface area is 348 Å². The van der Waals surface area contributed by atoms with Crippen LogP contribution in [0.15, 0.2) is 60.8 Å². The van der Waals surface area contributed by atoms with E-state index < -0.39 is 11.2 Å². The van der Waals surface area contributed by atoms with Crippen molar-refractivity contribution in [2.75, 3.05) is 13.1 Å². The topological polar surface area (TPSA) is 116 Å².